The number of nitrogens with zero attached hydrogens (tertiary/aromatic N) is 4. The minimum absolute atomic E-state index is 0.485. The Hall–Kier alpha value is -1.78. The molecule has 146 valence electrons. The summed E-state index contributed by atoms with van der Waals surface area (Å²) in [6.45, 7) is 15.2. The second-order valence-electron chi connectivity index (χ2n) is 8.32. The van der Waals surface area contributed by atoms with Gasteiger partial charge in [0.2, 0.25) is 0 Å². The molecule has 27 heavy (non-hydrogen) atoms. The molecule has 4 nitrogen and oxygen atoms in total. The van der Waals surface area contributed by atoms with Crippen molar-refractivity contribution in [3.63, 3.8) is 0 Å². The van der Waals surface area contributed by atoms with Gasteiger partial charge in [-0.25, -0.2) is 0 Å². The molecule has 1 fully saturated rings. The van der Waals surface area contributed by atoms with Crippen molar-refractivity contribution in [2.75, 3.05) is 26.2 Å². The van der Waals surface area contributed by atoms with E-state index >= 15 is 0 Å². The van der Waals surface area contributed by atoms with E-state index in [1.54, 1.807) is 0 Å². The predicted molar refractivity (Wildman–Crippen MR) is 112 cm³/mol. The third-order valence-corrected chi connectivity index (χ3v) is 5.29. The van der Waals surface area contributed by atoms with E-state index in [2.05, 4.69) is 73.9 Å². The maximum atomic E-state index is 4.84. The fourth-order valence-corrected chi connectivity index (χ4v) is 3.61. The highest BCUT2D eigenvalue weighted by atomic mass is 15.2. The van der Waals surface area contributed by atoms with E-state index in [-0.39, 0.29) is 0 Å². The Morgan fingerprint density at radius 1 is 0.704 bits per heavy atom. The van der Waals surface area contributed by atoms with Gasteiger partial charge >= 0.3 is 0 Å². The van der Waals surface area contributed by atoms with Gasteiger partial charge in [-0.3, -0.25) is 19.8 Å². The Labute approximate surface area is 164 Å². The van der Waals surface area contributed by atoms with Crippen LogP contribution in [0.3, 0.4) is 0 Å². The Morgan fingerprint density at radius 2 is 1.15 bits per heavy atom. The van der Waals surface area contributed by atoms with E-state index in [0.29, 0.717) is 11.8 Å². The minimum Gasteiger partial charge on any atom is -0.296 e. The van der Waals surface area contributed by atoms with Crippen molar-refractivity contribution < 1.29 is 0 Å². The summed E-state index contributed by atoms with van der Waals surface area (Å²) < 4.78 is 0. The van der Waals surface area contributed by atoms with E-state index in [1.165, 1.54) is 29.2 Å². The molecule has 0 unspecified atom stereocenters. The molecule has 0 amide bonds. The third kappa shape index (κ3) is 5.85. The van der Waals surface area contributed by atoms with Crippen LogP contribution < -0.4 is 0 Å². The van der Waals surface area contributed by atoms with Gasteiger partial charge in [-0.1, -0.05) is 39.8 Å². The number of aromatic nitrogens is 2. The Morgan fingerprint density at radius 3 is 1.56 bits per heavy atom. The summed E-state index contributed by atoms with van der Waals surface area (Å²) in [5, 5.41) is 0. The molecule has 0 aliphatic carbocycles. The summed E-state index contributed by atoms with van der Waals surface area (Å²) in [5.41, 5.74) is 4.78. The smallest absolute Gasteiger partial charge is 0.0547 e. The van der Waals surface area contributed by atoms with Crippen LogP contribution in [0.25, 0.3) is 0 Å². The Bertz CT molecular complexity index is 664. The molecule has 0 aromatic carbocycles. The normalized spacial score (nSPS) is 16.8. The summed E-state index contributed by atoms with van der Waals surface area (Å²) in [5.74, 6) is 0.970. The highest BCUT2D eigenvalue weighted by Crippen LogP contribution is 2.16. The highest BCUT2D eigenvalue weighted by Gasteiger charge is 2.16. The summed E-state index contributed by atoms with van der Waals surface area (Å²) in [7, 11) is 0. The van der Waals surface area contributed by atoms with Crippen molar-refractivity contribution >= 4 is 0 Å². The standard InChI is InChI=1S/C23H34N4/c1-18(2)22-10-5-8-20(24-22)16-26-12-7-13-27(15-14-26)17-21-9-6-11-23(25-21)19(3)4/h5-6,8-11,18-19H,7,12-17H2,1-4H3. The van der Waals surface area contributed by atoms with E-state index in [0.717, 1.165) is 39.3 Å². The van der Waals surface area contributed by atoms with Crippen molar-refractivity contribution in [1.82, 2.24) is 19.8 Å². The molecule has 1 aliphatic rings. The number of hydrogen-bond acceptors (Lipinski definition) is 4. The first-order valence-corrected chi connectivity index (χ1v) is 10.4. The second kappa shape index (κ2) is 9.43. The lowest BCUT2D eigenvalue weighted by atomic mass is 10.1. The van der Waals surface area contributed by atoms with E-state index in [1.807, 2.05) is 0 Å². The lowest BCUT2D eigenvalue weighted by Crippen LogP contribution is -2.30. The Kier molecular flexibility index (Phi) is 6.97. The predicted octanol–water partition coefficient (Wildman–Crippen LogP) is 4.43. The van der Waals surface area contributed by atoms with Crippen LogP contribution in [-0.2, 0) is 13.1 Å². The minimum atomic E-state index is 0.485. The quantitative estimate of drug-likeness (QED) is 0.757. The van der Waals surface area contributed by atoms with Crippen LogP contribution >= 0.6 is 0 Å². The van der Waals surface area contributed by atoms with Gasteiger partial charge in [-0.15, -0.1) is 0 Å². The zero-order valence-corrected chi connectivity index (χ0v) is 17.4. The van der Waals surface area contributed by atoms with Gasteiger partial charge in [-0.05, 0) is 55.6 Å². The average Bonchev–Trinajstić information content (AvgIpc) is 2.87. The zero-order chi connectivity index (χ0) is 19.2. The van der Waals surface area contributed by atoms with Crippen LogP contribution in [0.5, 0.6) is 0 Å². The van der Waals surface area contributed by atoms with Gasteiger partial charge in [-0.2, -0.15) is 0 Å². The highest BCUT2D eigenvalue weighted by molar-refractivity contribution is 5.15. The van der Waals surface area contributed by atoms with Gasteiger partial charge in [0.15, 0.2) is 0 Å². The molecular weight excluding hydrogens is 332 g/mol. The summed E-state index contributed by atoms with van der Waals surface area (Å²) >= 11 is 0. The van der Waals surface area contributed by atoms with Crippen LogP contribution in [-0.4, -0.2) is 45.9 Å². The second-order valence-corrected chi connectivity index (χ2v) is 8.32. The van der Waals surface area contributed by atoms with E-state index in [9.17, 15) is 0 Å². The van der Waals surface area contributed by atoms with Crippen molar-refractivity contribution in [2.45, 2.75) is 59.0 Å². The molecular formula is C23H34N4. The van der Waals surface area contributed by atoms with Gasteiger partial charge in [0.1, 0.15) is 0 Å². The van der Waals surface area contributed by atoms with Crippen molar-refractivity contribution in [2.24, 2.45) is 0 Å². The first-order chi connectivity index (χ1) is 13.0. The van der Waals surface area contributed by atoms with Gasteiger partial charge in [0.05, 0.1) is 11.4 Å². The largest absolute Gasteiger partial charge is 0.296 e. The summed E-state index contributed by atoms with van der Waals surface area (Å²) in [6, 6.07) is 12.9. The van der Waals surface area contributed by atoms with E-state index < -0.39 is 0 Å². The molecule has 1 aliphatic heterocycles. The number of hydrogen-bond donors (Lipinski definition) is 0. The van der Waals surface area contributed by atoms with Gasteiger partial charge in [0.25, 0.3) is 0 Å². The molecule has 0 saturated carbocycles. The summed E-state index contributed by atoms with van der Waals surface area (Å²) in [6.07, 6.45) is 1.20. The van der Waals surface area contributed by atoms with Crippen molar-refractivity contribution in [3.05, 3.63) is 59.2 Å². The molecule has 0 bridgehead atoms. The fraction of sp³-hybridized carbons (Fsp3) is 0.565. The molecule has 3 heterocycles. The third-order valence-electron chi connectivity index (χ3n) is 5.29. The molecule has 0 atom stereocenters. The lowest BCUT2D eigenvalue weighted by Gasteiger charge is -2.22. The number of pyridine rings is 2. The van der Waals surface area contributed by atoms with Crippen LogP contribution in [0, 0.1) is 0 Å². The van der Waals surface area contributed by atoms with Gasteiger partial charge in [0, 0.05) is 37.6 Å². The van der Waals surface area contributed by atoms with Crippen molar-refractivity contribution in [3.8, 4) is 0 Å². The monoisotopic (exact) mass is 366 g/mol. The first kappa shape index (κ1) is 20.0. The molecule has 0 N–H and O–H groups in total. The van der Waals surface area contributed by atoms with Crippen LogP contribution in [0.2, 0.25) is 0 Å². The van der Waals surface area contributed by atoms with E-state index in [4.69, 9.17) is 9.97 Å². The number of rotatable bonds is 6. The molecule has 1 saturated heterocycles. The topological polar surface area (TPSA) is 32.3 Å². The van der Waals surface area contributed by atoms with Crippen LogP contribution in [0.15, 0.2) is 36.4 Å². The summed E-state index contributed by atoms with van der Waals surface area (Å²) in [4.78, 5) is 14.8. The Balaban J connectivity index is 1.56. The first-order valence-electron chi connectivity index (χ1n) is 10.4. The molecule has 2 aromatic rings. The van der Waals surface area contributed by atoms with Gasteiger partial charge < -0.3 is 0 Å². The maximum Gasteiger partial charge on any atom is 0.0547 e. The SMILES string of the molecule is CC(C)c1cccc(CN2CCCN(Cc3cccc(C(C)C)n3)CC2)n1. The maximum absolute atomic E-state index is 4.84. The zero-order valence-electron chi connectivity index (χ0n) is 17.4. The molecule has 0 radical (unpaired) electrons. The average molecular weight is 367 g/mol. The van der Waals surface area contributed by atoms with Crippen LogP contribution in [0.4, 0.5) is 0 Å². The van der Waals surface area contributed by atoms with Crippen molar-refractivity contribution in [1.29, 1.82) is 0 Å². The molecule has 0 spiro atoms. The molecule has 4 heteroatoms. The molecule has 3 rings (SSSR count). The molecule has 2 aromatic heterocycles. The lowest BCUT2D eigenvalue weighted by molar-refractivity contribution is 0.244. The van der Waals surface area contributed by atoms with Crippen LogP contribution in [0.1, 0.15) is 68.7 Å². The fourth-order valence-electron chi connectivity index (χ4n) is 3.61.